The van der Waals surface area contributed by atoms with E-state index in [0.29, 0.717) is 19.1 Å². The van der Waals surface area contributed by atoms with Crippen LogP contribution in [0.15, 0.2) is 36.5 Å². The van der Waals surface area contributed by atoms with E-state index < -0.39 is 0 Å². The lowest BCUT2D eigenvalue weighted by Gasteiger charge is -2.11. The van der Waals surface area contributed by atoms with E-state index in [1.807, 2.05) is 30.3 Å². The van der Waals surface area contributed by atoms with Gasteiger partial charge in [-0.3, -0.25) is 4.98 Å². The lowest BCUT2D eigenvalue weighted by molar-refractivity contribution is 0.288. The van der Waals surface area contributed by atoms with Gasteiger partial charge in [-0.2, -0.15) is 0 Å². The van der Waals surface area contributed by atoms with Crippen LogP contribution in [0.4, 0.5) is 0 Å². The summed E-state index contributed by atoms with van der Waals surface area (Å²) in [5.41, 5.74) is 6.50. The van der Waals surface area contributed by atoms with Crippen LogP contribution in [0.3, 0.4) is 0 Å². The van der Waals surface area contributed by atoms with Crippen LogP contribution in [0, 0.1) is 5.92 Å². The van der Waals surface area contributed by atoms with Crippen LogP contribution in [0.25, 0.3) is 10.9 Å². The van der Waals surface area contributed by atoms with Crippen molar-refractivity contribution in [3.63, 3.8) is 0 Å². The first-order valence-corrected chi connectivity index (χ1v) is 5.98. The molecule has 0 radical (unpaired) electrons. The third-order valence-electron chi connectivity index (χ3n) is 2.87. The van der Waals surface area contributed by atoms with Gasteiger partial charge in [0, 0.05) is 11.6 Å². The van der Waals surface area contributed by atoms with Crippen LogP contribution < -0.4 is 10.5 Å². The van der Waals surface area contributed by atoms with E-state index in [-0.39, 0.29) is 0 Å². The number of nitrogens with two attached hydrogens (primary N) is 1. The van der Waals surface area contributed by atoms with Crippen molar-refractivity contribution in [1.82, 2.24) is 4.98 Å². The van der Waals surface area contributed by atoms with Gasteiger partial charge in [-0.15, -0.1) is 0 Å². The first-order valence-electron chi connectivity index (χ1n) is 5.98. The quantitative estimate of drug-likeness (QED) is 0.858. The number of hydrogen-bond donors (Lipinski definition) is 1. The topological polar surface area (TPSA) is 48.1 Å². The molecule has 2 N–H and O–H groups in total. The van der Waals surface area contributed by atoms with Crippen LogP contribution >= 0.6 is 0 Å². The van der Waals surface area contributed by atoms with Gasteiger partial charge in [-0.25, -0.2) is 0 Å². The maximum Gasteiger partial charge on any atom is 0.145 e. The monoisotopic (exact) mass is 230 g/mol. The van der Waals surface area contributed by atoms with Crippen molar-refractivity contribution < 1.29 is 4.74 Å². The van der Waals surface area contributed by atoms with Gasteiger partial charge in [0.25, 0.3) is 0 Å². The van der Waals surface area contributed by atoms with Crippen molar-refractivity contribution in [3.05, 3.63) is 36.5 Å². The molecule has 0 aliphatic carbocycles. The Hall–Kier alpha value is -1.61. The second-order valence-electron chi connectivity index (χ2n) is 4.31. The number of para-hydroxylation sites is 1. The average molecular weight is 230 g/mol. The number of rotatable bonds is 5. The summed E-state index contributed by atoms with van der Waals surface area (Å²) >= 11 is 0. The van der Waals surface area contributed by atoms with Gasteiger partial charge in [0.05, 0.1) is 6.61 Å². The summed E-state index contributed by atoms with van der Waals surface area (Å²) in [6.45, 7) is 3.52. The fourth-order valence-corrected chi connectivity index (χ4v) is 1.68. The van der Waals surface area contributed by atoms with Gasteiger partial charge in [-0.05, 0) is 31.0 Å². The molecule has 1 heterocycles. The van der Waals surface area contributed by atoms with E-state index in [2.05, 4.69) is 11.9 Å². The Labute approximate surface area is 102 Å². The van der Waals surface area contributed by atoms with Crippen molar-refractivity contribution in [2.75, 3.05) is 13.2 Å². The van der Waals surface area contributed by atoms with E-state index >= 15 is 0 Å². The van der Waals surface area contributed by atoms with Gasteiger partial charge in [0.1, 0.15) is 11.3 Å². The fourth-order valence-electron chi connectivity index (χ4n) is 1.68. The molecule has 0 amide bonds. The fraction of sp³-hybridized carbons (Fsp3) is 0.357. The molecule has 90 valence electrons. The third-order valence-corrected chi connectivity index (χ3v) is 2.87. The molecule has 0 bridgehead atoms. The predicted octanol–water partition coefficient (Wildman–Crippen LogP) is 2.60. The van der Waals surface area contributed by atoms with Gasteiger partial charge >= 0.3 is 0 Å². The predicted molar refractivity (Wildman–Crippen MR) is 70.1 cm³/mol. The molecule has 0 saturated carbocycles. The van der Waals surface area contributed by atoms with E-state index in [1.165, 1.54) is 0 Å². The van der Waals surface area contributed by atoms with E-state index in [9.17, 15) is 0 Å². The van der Waals surface area contributed by atoms with Crippen LogP contribution in [-0.2, 0) is 0 Å². The van der Waals surface area contributed by atoms with Gasteiger partial charge in [-0.1, -0.05) is 25.1 Å². The maximum absolute atomic E-state index is 5.77. The number of pyridine rings is 1. The van der Waals surface area contributed by atoms with Gasteiger partial charge in [0.2, 0.25) is 0 Å². The highest BCUT2D eigenvalue weighted by Crippen LogP contribution is 2.23. The molecule has 0 aliphatic heterocycles. The standard InChI is InChI=1S/C14H18N2O/c1-11(10-15)7-9-17-13-6-2-4-12-5-3-8-16-14(12)13/h2-6,8,11H,7,9-10,15H2,1H3. The van der Waals surface area contributed by atoms with E-state index in [4.69, 9.17) is 10.5 Å². The summed E-state index contributed by atoms with van der Waals surface area (Å²) < 4.78 is 5.77. The third kappa shape index (κ3) is 2.94. The summed E-state index contributed by atoms with van der Waals surface area (Å²) in [5, 5.41) is 1.11. The van der Waals surface area contributed by atoms with Gasteiger partial charge < -0.3 is 10.5 Å². The lowest BCUT2D eigenvalue weighted by Crippen LogP contribution is -2.14. The minimum atomic E-state index is 0.498. The van der Waals surface area contributed by atoms with Crippen molar-refractivity contribution >= 4 is 10.9 Å². The second-order valence-corrected chi connectivity index (χ2v) is 4.31. The van der Waals surface area contributed by atoms with Crippen LogP contribution in [0.1, 0.15) is 13.3 Å². The minimum Gasteiger partial charge on any atom is -0.491 e. The highest BCUT2D eigenvalue weighted by molar-refractivity contribution is 5.84. The SMILES string of the molecule is CC(CN)CCOc1cccc2cccnc12. The highest BCUT2D eigenvalue weighted by Gasteiger charge is 2.04. The summed E-state index contributed by atoms with van der Waals surface area (Å²) in [6, 6.07) is 9.96. The largest absolute Gasteiger partial charge is 0.491 e. The Bertz CT molecular complexity index is 479. The molecule has 0 saturated heterocycles. The van der Waals surface area contributed by atoms with E-state index in [1.54, 1.807) is 6.20 Å². The summed E-state index contributed by atoms with van der Waals surface area (Å²) in [7, 11) is 0. The van der Waals surface area contributed by atoms with Crippen molar-refractivity contribution in [1.29, 1.82) is 0 Å². The molecule has 0 spiro atoms. The minimum absolute atomic E-state index is 0.498. The Morgan fingerprint density at radius 2 is 2.12 bits per heavy atom. The number of ether oxygens (including phenoxy) is 1. The molecule has 3 nitrogen and oxygen atoms in total. The number of fused-ring (bicyclic) bond motifs is 1. The van der Waals surface area contributed by atoms with Crippen molar-refractivity contribution in [2.45, 2.75) is 13.3 Å². The smallest absolute Gasteiger partial charge is 0.145 e. The molecule has 1 atom stereocenters. The molecular weight excluding hydrogens is 212 g/mol. The zero-order chi connectivity index (χ0) is 12.1. The molecule has 0 aliphatic rings. The lowest BCUT2D eigenvalue weighted by atomic mass is 10.1. The normalized spacial score (nSPS) is 12.6. The van der Waals surface area contributed by atoms with Crippen LogP contribution in [0.2, 0.25) is 0 Å². The van der Waals surface area contributed by atoms with Crippen LogP contribution in [0.5, 0.6) is 5.75 Å². The molecule has 1 aromatic carbocycles. The van der Waals surface area contributed by atoms with E-state index in [0.717, 1.165) is 23.1 Å². The summed E-state index contributed by atoms with van der Waals surface area (Å²) in [5.74, 6) is 1.35. The maximum atomic E-state index is 5.77. The van der Waals surface area contributed by atoms with Gasteiger partial charge in [0.15, 0.2) is 0 Å². The number of nitrogens with zero attached hydrogens (tertiary/aromatic N) is 1. The molecule has 3 heteroatoms. The molecule has 2 rings (SSSR count). The Balaban J connectivity index is 2.08. The van der Waals surface area contributed by atoms with Crippen molar-refractivity contribution in [2.24, 2.45) is 11.7 Å². The molecule has 2 aromatic rings. The zero-order valence-electron chi connectivity index (χ0n) is 10.1. The molecule has 1 aromatic heterocycles. The Morgan fingerprint density at radius 3 is 2.94 bits per heavy atom. The zero-order valence-corrected chi connectivity index (χ0v) is 10.1. The Morgan fingerprint density at radius 1 is 1.29 bits per heavy atom. The Kier molecular flexibility index (Phi) is 3.94. The molecular formula is C14H18N2O. The number of hydrogen-bond acceptors (Lipinski definition) is 3. The van der Waals surface area contributed by atoms with Crippen molar-refractivity contribution in [3.8, 4) is 5.75 Å². The number of benzene rings is 1. The molecule has 0 fully saturated rings. The summed E-state index contributed by atoms with van der Waals surface area (Å²) in [4.78, 5) is 4.35. The van der Waals surface area contributed by atoms with Crippen LogP contribution in [-0.4, -0.2) is 18.1 Å². The first-order chi connectivity index (χ1) is 8.31. The average Bonchev–Trinajstić information content (AvgIpc) is 2.39. The second kappa shape index (κ2) is 5.64. The summed E-state index contributed by atoms with van der Waals surface area (Å²) in [6.07, 6.45) is 2.76. The number of aromatic nitrogens is 1. The first kappa shape index (κ1) is 11.9. The highest BCUT2D eigenvalue weighted by atomic mass is 16.5. The molecule has 17 heavy (non-hydrogen) atoms. The molecule has 1 unspecified atom stereocenters.